The molecule has 6 heteroatoms. The van der Waals surface area contributed by atoms with Gasteiger partial charge in [0.25, 0.3) is 5.91 Å². The first-order valence-electron chi connectivity index (χ1n) is 5.69. The van der Waals surface area contributed by atoms with E-state index >= 15 is 0 Å². The van der Waals surface area contributed by atoms with Crippen LogP contribution < -0.4 is 5.32 Å². The maximum atomic E-state index is 12.0. The number of rotatable bonds is 3. The second kappa shape index (κ2) is 5.75. The van der Waals surface area contributed by atoms with Gasteiger partial charge in [0.2, 0.25) is 0 Å². The fourth-order valence-corrected chi connectivity index (χ4v) is 2.54. The fraction of sp³-hybridized carbons (Fsp3) is 0.231. The minimum atomic E-state index is -0.161. The van der Waals surface area contributed by atoms with Crippen molar-refractivity contribution in [2.75, 3.05) is 0 Å². The predicted octanol–water partition coefficient (Wildman–Crippen LogP) is 3.07. The number of benzene rings is 1. The third kappa shape index (κ3) is 3.36. The van der Waals surface area contributed by atoms with E-state index in [1.807, 2.05) is 14.0 Å². The summed E-state index contributed by atoms with van der Waals surface area (Å²) in [5.41, 5.74) is 2.56. The number of halogens is 2. The Bertz CT molecular complexity index is 604. The van der Waals surface area contributed by atoms with Crippen LogP contribution in [-0.4, -0.2) is 15.7 Å². The number of aromatic nitrogens is 2. The van der Waals surface area contributed by atoms with Crippen molar-refractivity contribution in [1.29, 1.82) is 0 Å². The summed E-state index contributed by atoms with van der Waals surface area (Å²) >= 11 is 9.23. The molecule has 1 amide bonds. The van der Waals surface area contributed by atoms with Gasteiger partial charge >= 0.3 is 0 Å². The first-order chi connectivity index (χ1) is 8.97. The molecule has 0 radical (unpaired) electrons. The van der Waals surface area contributed by atoms with Gasteiger partial charge in [0.1, 0.15) is 0 Å². The zero-order chi connectivity index (χ0) is 14.0. The molecule has 0 bridgehead atoms. The van der Waals surface area contributed by atoms with Crippen LogP contribution in [0.5, 0.6) is 0 Å². The Kier molecular flexibility index (Phi) is 4.27. The van der Waals surface area contributed by atoms with Crippen LogP contribution >= 0.6 is 27.5 Å². The van der Waals surface area contributed by atoms with Crippen LogP contribution in [0.15, 0.2) is 28.9 Å². The number of nitrogens with one attached hydrogen (secondary N) is 1. The minimum absolute atomic E-state index is 0.161. The lowest BCUT2D eigenvalue weighted by Crippen LogP contribution is -2.23. The molecule has 19 heavy (non-hydrogen) atoms. The molecule has 1 N–H and O–H groups in total. The SMILES string of the molecule is Cc1c(CNC(=O)c2cc(Cl)cc(Br)c2)cnn1C. The molecule has 100 valence electrons. The van der Waals surface area contributed by atoms with Gasteiger partial charge < -0.3 is 5.32 Å². The van der Waals surface area contributed by atoms with E-state index in [9.17, 15) is 4.79 Å². The molecule has 0 aliphatic rings. The standard InChI is InChI=1S/C13H13BrClN3O/c1-8-10(7-17-18(8)2)6-16-13(19)9-3-11(14)5-12(15)4-9/h3-5,7H,6H2,1-2H3,(H,16,19). The highest BCUT2D eigenvalue weighted by molar-refractivity contribution is 9.10. The number of nitrogens with zero attached hydrogens (tertiary/aromatic N) is 2. The van der Waals surface area contributed by atoms with Gasteiger partial charge in [-0.05, 0) is 25.1 Å². The van der Waals surface area contributed by atoms with Gasteiger partial charge in [-0.2, -0.15) is 5.10 Å². The molecular weight excluding hydrogens is 330 g/mol. The van der Waals surface area contributed by atoms with Crippen LogP contribution in [0.2, 0.25) is 5.02 Å². The molecule has 0 aliphatic heterocycles. The monoisotopic (exact) mass is 341 g/mol. The Hall–Kier alpha value is -1.33. The Balaban J connectivity index is 2.07. The molecule has 0 unspecified atom stereocenters. The molecule has 0 aliphatic carbocycles. The van der Waals surface area contributed by atoms with Crippen LogP contribution in [0, 0.1) is 6.92 Å². The molecular formula is C13H13BrClN3O. The fourth-order valence-electron chi connectivity index (χ4n) is 1.68. The number of aryl methyl sites for hydroxylation is 1. The van der Waals surface area contributed by atoms with Gasteiger partial charge in [0.15, 0.2) is 0 Å². The van der Waals surface area contributed by atoms with Gasteiger partial charge in [-0.15, -0.1) is 0 Å². The largest absolute Gasteiger partial charge is 0.348 e. The predicted molar refractivity (Wildman–Crippen MR) is 78.3 cm³/mol. The lowest BCUT2D eigenvalue weighted by Gasteiger charge is -2.06. The zero-order valence-electron chi connectivity index (χ0n) is 10.6. The van der Waals surface area contributed by atoms with E-state index in [-0.39, 0.29) is 5.91 Å². The van der Waals surface area contributed by atoms with Gasteiger partial charge in [-0.1, -0.05) is 27.5 Å². The summed E-state index contributed by atoms with van der Waals surface area (Å²) in [4.78, 5) is 12.0. The molecule has 0 atom stereocenters. The number of hydrogen-bond acceptors (Lipinski definition) is 2. The Morgan fingerprint density at radius 2 is 2.21 bits per heavy atom. The second-order valence-electron chi connectivity index (χ2n) is 4.22. The van der Waals surface area contributed by atoms with Crippen LogP contribution in [0.1, 0.15) is 21.6 Å². The highest BCUT2D eigenvalue weighted by Gasteiger charge is 2.09. The highest BCUT2D eigenvalue weighted by Crippen LogP contribution is 2.19. The molecule has 2 aromatic rings. The van der Waals surface area contributed by atoms with Gasteiger partial charge in [0, 0.05) is 39.9 Å². The van der Waals surface area contributed by atoms with E-state index in [0.29, 0.717) is 17.1 Å². The Morgan fingerprint density at radius 3 is 2.79 bits per heavy atom. The van der Waals surface area contributed by atoms with E-state index in [1.54, 1.807) is 29.1 Å². The van der Waals surface area contributed by atoms with Crippen LogP contribution in [0.3, 0.4) is 0 Å². The highest BCUT2D eigenvalue weighted by atomic mass is 79.9. The Morgan fingerprint density at radius 1 is 1.47 bits per heavy atom. The van der Waals surface area contributed by atoms with Crippen molar-refractivity contribution in [3.05, 3.63) is 50.7 Å². The molecule has 0 saturated heterocycles. The van der Waals surface area contributed by atoms with Crippen LogP contribution in [-0.2, 0) is 13.6 Å². The molecule has 1 aromatic carbocycles. The molecule has 2 rings (SSSR count). The number of carbonyl (C=O) groups excluding carboxylic acids is 1. The molecule has 4 nitrogen and oxygen atoms in total. The zero-order valence-corrected chi connectivity index (χ0v) is 12.9. The van der Waals surface area contributed by atoms with Gasteiger partial charge in [-0.25, -0.2) is 0 Å². The average molecular weight is 343 g/mol. The maximum absolute atomic E-state index is 12.0. The van der Waals surface area contributed by atoms with Crippen LogP contribution in [0.4, 0.5) is 0 Å². The topological polar surface area (TPSA) is 46.9 Å². The number of amides is 1. The van der Waals surface area contributed by atoms with Crippen molar-refractivity contribution < 1.29 is 4.79 Å². The van der Waals surface area contributed by atoms with Crippen molar-refractivity contribution in [3.63, 3.8) is 0 Å². The molecule has 0 spiro atoms. The van der Waals surface area contributed by atoms with E-state index < -0.39 is 0 Å². The van der Waals surface area contributed by atoms with Crippen molar-refractivity contribution in [1.82, 2.24) is 15.1 Å². The molecule has 0 saturated carbocycles. The molecule has 1 aromatic heterocycles. The number of carbonyl (C=O) groups is 1. The van der Waals surface area contributed by atoms with E-state index in [2.05, 4.69) is 26.3 Å². The first-order valence-corrected chi connectivity index (χ1v) is 6.86. The first kappa shape index (κ1) is 14.1. The maximum Gasteiger partial charge on any atom is 0.251 e. The smallest absolute Gasteiger partial charge is 0.251 e. The Labute approximate surface area is 124 Å². The summed E-state index contributed by atoms with van der Waals surface area (Å²) < 4.78 is 2.56. The molecule has 0 fully saturated rings. The lowest BCUT2D eigenvalue weighted by atomic mass is 10.2. The van der Waals surface area contributed by atoms with Crippen molar-refractivity contribution in [3.8, 4) is 0 Å². The average Bonchev–Trinajstić information content (AvgIpc) is 2.66. The van der Waals surface area contributed by atoms with E-state index in [0.717, 1.165) is 15.7 Å². The summed E-state index contributed by atoms with van der Waals surface area (Å²) in [7, 11) is 1.87. The third-order valence-corrected chi connectivity index (χ3v) is 3.58. The summed E-state index contributed by atoms with van der Waals surface area (Å²) in [6.07, 6.45) is 1.75. The second-order valence-corrected chi connectivity index (χ2v) is 5.57. The third-order valence-electron chi connectivity index (χ3n) is 2.90. The quantitative estimate of drug-likeness (QED) is 0.932. The van der Waals surface area contributed by atoms with Crippen molar-refractivity contribution >= 4 is 33.4 Å². The summed E-state index contributed by atoms with van der Waals surface area (Å²) in [5.74, 6) is -0.161. The van der Waals surface area contributed by atoms with Crippen molar-refractivity contribution in [2.24, 2.45) is 7.05 Å². The number of hydrogen-bond donors (Lipinski definition) is 1. The van der Waals surface area contributed by atoms with E-state index in [1.165, 1.54) is 0 Å². The summed E-state index contributed by atoms with van der Waals surface area (Å²) in [6, 6.07) is 5.11. The minimum Gasteiger partial charge on any atom is -0.348 e. The summed E-state index contributed by atoms with van der Waals surface area (Å²) in [6.45, 7) is 2.41. The van der Waals surface area contributed by atoms with Crippen molar-refractivity contribution in [2.45, 2.75) is 13.5 Å². The van der Waals surface area contributed by atoms with E-state index in [4.69, 9.17) is 11.6 Å². The lowest BCUT2D eigenvalue weighted by molar-refractivity contribution is 0.0951. The van der Waals surface area contributed by atoms with Gasteiger partial charge in [0.05, 0.1) is 6.20 Å². The molecule has 1 heterocycles. The normalized spacial score (nSPS) is 10.5. The van der Waals surface area contributed by atoms with Crippen LogP contribution in [0.25, 0.3) is 0 Å². The summed E-state index contributed by atoms with van der Waals surface area (Å²) in [5, 5.41) is 7.51. The van der Waals surface area contributed by atoms with Gasteiger partial charge in [-0.3, -0.25) is 9.48 Å².